The first-order valence-electron chi connectivity index (χ1n) is 20.0. The van der Waals surface area contributed by atoms with Crippen LogP contribution in [-0.4, -0.2) is 65.2 Å². The Morgan fingerprint density at radius 1 is 0.449 bits per heavy atom. The van der Waals surface area contributed by atoms with E-state index >= 15 is 0 Å². The van der Waals surface area contributed by atoms with Crippen molar-refractivity contribution in [3.05, 3.63) is 46.6 Å². The predicted molar refractivity (Wildman–Crippen MR) is 221 cm³/mol. The number of nitrogens with two attached hydrogens (primary N) is 3. The molecule has 7 heteroatoms. The van der Waals surface area contributed by atoms with Gasteiger partial charge in [0.15, 0.2) is 0 Å². The number of nitrogens with one attached hydrogen (secondary N) is 3. The van der Waals surface area contributed by atoms with Crippen LogP contribution >= 0.6 is 0 Å². The summed E-state index contributed by atoms with van der Waals surface area (Å²) in [6.45, 7) is 21.8. The van der Waals surface area contributed by atoms with E-state index in [1.165, 1.54) is 120 Å². The number of hydrogen-bond acceptors (Lipinski definition) is 7. The second kappa shape index (κ2) is 46.4. The third-order valence-corrected chi connectivity index (χ3v) is 8.01. The van der Waals surface area contributed by atoms with E-state index in [0.717, 1.165) is 83.5 Å². The summed E-state index contributed by atoms with van der Waals surface area (Å²) in [7, 11) is 0. The maximum Gasteiger partial charge on any atom is 0.142 e. The molecule has 0 bridgehead atoms. The minimum Gasteiger partial charge on any atom is -0.330 e. The van der Waals surface area contributed by atoms with Crippen molar-refractivity contribution in [2.24, 2.45) is 17.2 Å². The molecular formula is C42H86N6O. The first-order chi connectivity index (χ1) is 23.7. The van der Waals surface area contributed by atoms with Gasteiger partial charge in [-0.05, 0) is 164 Å². The van der Waals surface area contributed by atoms with Crippen molar-refractivity contribution in [3.63, 3.8) is 0 Å². The second-order valence-corrected chi connectivity index (χ2v) is 13.9. The summed E-state index contributed by atoms with van der Waals surface area (Å²) in [5, 5.41) is 10.4. The van der Waals surface area contributed by atoms with Gasteiger partial charge in [0.1, 0.15) is 6.29 Å². The van der Waals surface area contributed by atoms with E-state index in [-0.39, 0.29) is 0 Å². The Hall–Kier alpha value is -1.61. The molecule has 0 heterocycles. The van der Waals surface area contributed by atoms with Crippen LogP contribution in [0.5, 0.6) is 0 Å². The largest absolute Gasteiger partial charge is 0.330 e. The molecule has 0 radical (unpaired) electrons. The van der Waals surface area contributed by atoms with Crippen LogP contribution in [0.4, 0.5) is 0 Å². The standard InChI is InChI=1S/C21H43N3.C11H27N3.C10H16O/c1-20(2)12-10-13-21(3)14-19-24-18-11-17-23-16-9-7-5-4-6-8-15-22;12-8-5-3-1-2-4-6-10-14-11-7-9-13;1-9(2)5-4-6-10(3)7-8-11/h12,14,23-24H,4-11,13,15-19,22H2,1-3H3;14H,1-13H2;5,7-8H,4,6H2,1-3H3/b21-14+;;10-7+. The highest BCUT2D eigenvalue weighted by Gasteiger charge is 1.94. The minimum atomic E-state index is 0.798. The molecule has 0 fully saturated rings. The highest BCUT2D eigenvalue weighted by Crippen LogP contribution is 2.07. The Balaban J connectivity index is -0.000000715. The summed E-state index contributed by atoms with van der Waals surface area (Å²) in [5.74, 6) is 0. The van der Waals surface area contributed by atoms with Gasteiger partial charge in [-0.2, -0.15) is 0 Å². The molecule has 49 heavy (non-hydrogen) atoms. The molecule has 0 saturated carbocycles. The van der Waals surface area contributed by atoms with Gasteiger partial charge in [-0.25, -0.2) is 0 Å². The zero-order valence-electron chi connectivity index (χ0n) is 33.6. The maximum absolute atomic E-state index is 10.0. The van der Waals surface area contributed by atoms with E-state index in [0.29, 0.717) is 0 Å². The summed E-state index contributed by atoms with van der Waals surface area (Å²) in [6, 6.07) is 0. The lowest BCUT2D eigenvalue weighted by Gasteiger charge is -2.06. The Bertz CT molecular complexity index is 770. The van der Waals surface area contributed by atoms with Gasteiger partial charge in [0, 0.05) is 6.54 Å². The van der Waals surface area contributed by atoms with E-state index in [1.54, 1.807) is 6.08 Å². The fraction of sp³-hybridized carbons (Fsp3) is 0.786. The lowest BCUT2D eigenvalue weighted by molar-refractivity contribution is -0.104. The topological polar surface area (TPSA) is 131 Å². The molecular weight excluding hydrogens is 605 g/mol. The van der Waals surface area contributed by atoms with Crippen LogP contribution in [-0.2, 0) is 4.79 Å². The molecule has 0 aliphatic rings. The third kappa shape index (κ3) is 56.0. The average Bonchev–Trinajstić information content (AvgIpc) is 3.06. The van der Waals surface area contributed by atoms with E-state index in [4.69, 9.17) is 17.2 Å². The van der Waals surface area contributed by atoms with Gasteiger partial charge in [-0.3, -0.25) is 4.79 Å². The fourth-order valence-electron chi connectivity index (χ4n) is 4.85. The Labute approximate surface area is 306 Å². The summed E-state index contributed by atoms with van der Waals surface area (Å²) in [4.78, 5) is 10.0. The number of aldehydes is 1. The molecule has 0 amide bonds. The summed E-state index contributed by atoms with van der Waals surface area (Å²) >= 11 is 0. The number of hydrogen-bond donors (Lipinski definition) is 6. The molecule has 9 N–H and O–H groups in total. The predicted octanol–water partition coefficient (Wildman–Crippen LogP) is 8.65. The van der Waals surface area contributed by atoms with Crippen molar-refractivity contribution in [1.29, 1.82) is 0 Å². The van der Waals surface area contributed by atoms with E-state index in [2.05, 4.69) is 68.8 Å². The van der Waals surface area contributed by atoms with Gasteiger partial charge in [0.25, 0.3) is 0 Å². The first kappa shape index (κ1) is 51.8. The van der Waals surface area contributed by atoms with Crippen LogP contribution in [0.3, 0.4) is 0 Å². The molecule has 0 aromatic carbocycles. The van der Waals surface area contributed by atoms with Gasteiger partial charge in [0.2, 0.25) is 0 Å². The van der Waals surface area contributed by atoms with Gasteiger partial charge in [-0.15, -0.1) is 0 Å². The van der Waals surface area contributed by atoms with E-state index in [1.807, 2.05) is 6.92 Å². The Morgan fingerprint density at radius 2 is 0.837 bits per heavy atom. The summed E-state index contributed by atoms with van der Waals surface area (Å²) in [6.07, 6.45) is 31.7. The number of carbonyl (C=O) groups excluding carboxylic acids is 1. The molecule has 0 unspecified atom stereocenters. The van der Waals surface area contributed by atoms with Crippen molar-refractivity contribution >= 4 is 6.29 Å². The van der Waals surface area contributed by atoms with Crippen molar-refractivity contribution in [2.45, 2.75) is 157 Å². The zero-order chi connectivity index (χ0) is 37.1. The summed E-state index contributed by atoms with van der Waals surface area (Å²) in [5.41, 5.74) is 21.7. The second-order valence-electron chi connectivity index (χ2n) is 13.9. The molecule has 0 aliphatic heterocycles. The highest BCUT2D eigenvalue weighted by atomic mass is 16.1. The van der Waals surface area contributed by atoms with Gasteiger partial charge >= 0.3 is 0 Å². The summed E-state index contributed by atoms with van der Waals surface area (Å²) < 4.78 is 0. The fourth-order valence-corrected chi connectivity index (χ4v) is 4.85. The smallest absolute Gasteiger partial charge is 0.142 e. The van der Waals surface area contributed by atoms with Crippen molar-refractivity contribution in [1.82, 2.24) is 16.0 Å². The lowest BCUT2D eigenvalue weighted by Crippen LogP contribution is -2.22. The Kier molecular flexibility index (Phi) is 49.0. The van der Waals surface area contributed by atoms with Crippen LogP contribution < -0.4 is 33.2 Å². The number of carbonyl (C=O) groups is 1. The molecule has 0 spiro atoms. The average molecular weight is 691 g/mol. The number of unbranched alkanes of at least 4 members (excludes halogenated alkanes) is 10. The quantitative estimate of drug-likeness (QED) is 0.0180. The van der Waals surface area contributed by atoms with Gasteiger partial charge < -0.3 is 33.2 Å². The van der Waals surface area contributed by atoms with Crippen LogP contribution in [0.15, 0.2) is 46.6 Å². The van der Waals surface area contributed by atoms with Crippen molar-refractivity contribution in [3.8, 4) is 0 Å². The Morgan fingerprint density at radius 3 is 1.29 bits per heavy atom. The highest BCUT2D eigenvalue weighted by molar-refractivity contribution is 5.65. The molecule has 0 saturated heterocycles. The van der Waals surface area contributed by atoms with Crippen molar-refractivity contribution < 1.29 is 4.79 Å². The van der Waals surface area contributed by atoms with E-state index < -0.39 is 0 Å². The van der Waals surface area contributed by atoms with Crippen LogP contribution in [0.2, 0.25) is 0 Å². The molecule has 0 aromatic rings. The molecule has 0 atom stereocenters. The zero-order valence-corrected chi connectivity index (χ0v) is 33.6. The van der Waals surface area contributed by atoms with Crippen molar-refractivity contribution in [2.75, 3.05) is 58.9 Å². The molecule has 7 nitrogen and oxygen atoms in total. The third-order valence-electron chi connectivity index (χ3n) is 8.01. The molecule has 0 aromatic heterocycles. The van der Waals surface area contributed by atoms with E-state index in [9.17, 15) is 4.79 Å². The van der Waals surface area contributed by atoms with Crippen LogP contribution in [0.25, 0.3) is 0 Å². The first-order valence-corrected chi connectivity index (χ1v) is 20.0. The van der Waals surface area contributed by atoms with Crippen LogP contribution in [0.1, 0.15) is 157 Å². The monoisotopic (exact) mass is 691 g/mol. The number of rotatable bonds is 32. The maximum atomic E-state index is 10.0. The molecule has 0 aliphatic carbocycles. The SMILES string of the molecule is CC(C)=CCC/C(C)=C/C=O.CC(C)=CCC/C(C)=C/CNCCCNCCCCCCCCN.NCCCCCCCCNCCCN. The molecule has 290 valence electrons. The lowest BCUT2D eigenvalue weighted by atomic mass is 10.1. The van der Waals surface area contributed by atoms with Gasteiger partial charge in [-0.1, -0.05) is 91.9 Å². The minimum absolute atomic E-state index is 0.798. The molecule has 0 rings (SSSR count). The normalized spacial score (nSPS) is 11.3. The van der Waals surface area contributed by atoms with Crippen LogP contribution in [0, 0.1) is 0 Å². The number of allylic oxidation sites excluding steroid dienone is 7. The van der Waals surface area contributed by atoms with Gasteiger partial charge in [0.05, 0.1) is 0 Å².